The van der Waals surface area contributed by atoms with E-state index in [0.717, 1.165) is 50.0 Å². The van der Waals surface area contributed by atoms with Crippen LogP contribution in [0.1, 0.15) is 46.3 Å². The van der Waals surface area contributed by atoms with Crippen molar-refractivity contribution in [2.24, 2.45) is 5.73 Å². The lowest BCUT2D eigenvalue weighted by atomic mass is 10.1. The SMILES string of the molecule is NCCCCN(CCCNC(=O)c1ccc(OCc2ccccc2)c(OCc2ccccc2)c1)Cc1ccccc1. The van der Waals surface area contributed by atoms with Crippen LogP contribution >= 0.6 is 0 Å². The Morgan fingerprint density at radius 2 is 1.22 bits per heavy atom. The number of carbonyl (C=O) groups excluding carboxylic acids is 1. The number of hydrogen-bond acceptors (Lipinski definition) is 5. The summed E-state index contributed by atoms with van der Waals surface area (Å²) in [5.74, 6) is 1.03. The minimum atomic E-state index is -0.123. The molecule has 0 unspecified atom stereocenters. The molecule has 214 valence electrons. The van der Waals surface area contributed by atoms with Crippen LogP contribution in [0.15, 0.2) is 109 Å². The minimum Gasteiger partial charge on any atom is -0.485 e. The number of nitrogens with one attached hydrogen (secondary N) is 1. The van der Waals surface area contributed by atoms with Crippen LogP contribution in [0.2, 0.25) is 0 Å². The third-order valence-corrected chi connectivity index (χ3v) is 6.79. The highest BCUT2D eigenvalue weighted by molar-refractivity contribution is 5.94. The summed E-state index contributed by atoms with van der Waals surface area (Å²) in [4.78, 5) is 15.5. The van der Waals surface area contributed by atoms with Crippen LogP contribution < -0.4 is 20.5 Å². The van der Waals surface area contributed by atoms with Crippen LogP contribution in [0.25, 0.3) is 0 Å². The van der Waals surface area contributed by atoms with Gasteiger partial charge in [0.15, 0.2) is 11.5 Å². The molecule has 0 radical (unpaired) electrons. The van der Waals surface area contributed by atoms with E-state index in [0.29, 0.717) is 43.4 Å². The molecule has 6 heteroatoms. The Bertz CT molecular complexity index is 1300. The smallest absolute Gasteiger partial charge is 0.251 e. The molecule has 0 saturated carbocycles. The summed E-state index contributed by atoms with van der Waals surface area (Å²) in [5.41, 5.74) is 9.65. The van der Waals surface area contributed by atoms with Gasteiger partial charge < -0.3 is 20.5 Å². The number of ether oxygens (including phenoxy) is 2. The maximum absolute atomic E-state index is 13.1. The number of unbranched alkanes of at least 4 members (excludes halogenated alkanes) is 1. The van der Waals surface area contributed by atoms with E-state index in [1.54, 1.807) is 12.1 Å². The minimum absolute atomic E-state index is 0.123. The van der Waals surface area contributed by atoms with Gasteiger partial charge in [-0.05, 0) is 67.2 Å². The summed E-state index contributed by atoms with van der Waals surface area (Å²) in [5, 5.41) is 3.08. The van der Waals surface area contributed by atoms with Crippen LogP contribution in [0.5, 0.6) is 11.5 Å². The van der Waals surface area contributed by atoms with Crippen molar-refractivity contribution >= 4 is 5.91 Å². The van der Waals surface area contributed by atoms with Gasteiger partial charge >= 0.3 is 0 Å². The highest BCUT2D eigenvalue weighted by atomic mass is 16.5. The van der Waals surface area contributed by atoms with E-state index in [2.05, 4.69) is 34.5 Å². The lowest BCUT2D eigenvalue weighted by molar-refractivity contribution is 0.0950. The summed E-state index contributed by atoms with van der Waals surface area (Å²) in [6, 6.07) is 35.8. The van der Waals surface area contributed by atoms with Crippen molar-refractivity contribution < 1.29 is 14.3 Å². The van der Waals surface area contributed by atoms with Crippen LogP contribution in [-0.4, -0.2) is 37.0 Å². The fourth-order valence-corrected chi connectivity index (χ4v) is 4.55. The number of rotatable bonds is 17. The molecule has 0 aliphatic carbocycles. The second-order valence-electron chi connectivity index (χ2n) is 10.1. The molecule has 0 bridgehead atoms. The molecular formula is C35H41N3O3. The van der Waals surface area contributed by atoms with E-state index in [1.807, 2.05) is 72.8 Å². The average Bonchev–Trinajstić information content (AvgIpc) is 3.02. The van der Waals surface area contributed by atoms with Gasteiger partial charge in [0.05, 0.1) is 0 Å². The molecule has 0 heterocycles. The van der Waals surface area contributed by atoms with Gasteiger partial charge in [0.1, 0.15) is 13.2 Å². The summed E-state index contributed by atoms with van der Waals surface area (Å²) in [6.07, 6.45) is 2.94. The van der Waals surface area contributed by atoms with Crippen LogP contribution in [-0.2, 0) is 19.8 Å². The zero-order valence-corrected chi connectivity index (χ0v) is 23.7. The van der Waals surface area contributed by atoms with E-state index in [1.165, 1.54) is 5.56 Å². The van der Waals surface area contributed by atoms with Gasteiger partial charge in [-0.3, -0.25) is 9.69 Å². The van der Waals surface area contributed by atoms with Crippen LogP contribution in [0.3, 0.4) is 0 Å². The quantitative estimate of drug-likeness (QED) is 0.153. The molecule has 41 heavy (non-hydrogen) atoms. The standard InChI is InChI=1S/C35H41N3O3/c36-21-10-11-23-38(26-29-13-4-1-5-14-29)24-12-22-37-35(39)32-19-20-33(40-27-30-15-6-2-7-16-30)34(25-32)41-28-31-17-8-3-9-18-31/h1-9,13-20,25H,10-12,21-24,26-28,36H2,(H,37,39). The van der Waals surface area contributed by atoms with Crippen molar-refractivity contribution in [3.63, 3.8) is 0 Å². The Labute approximate surface area is 244 Å². The van der Waals surface area contributed by atoms with Gasteiger partial charge in [-0.15, -0.1) is 0 Å². The molecule has 3 N–H and O–H groups in total. The third kappa shape index (κ3) is 10.4. The maximum Gasteiger partial charge on any atom is 0.251 e. The van der Waals surface area contributed by atoms with E-state index in [9.17, 15) is 4.79 Å². The normalized spacial score (nSPS) is 10.9. The molecule has 0 fully saturated rings. The summed E-state index contributed by atoms with van der Waals surface area (Å²) in [6.45, 7) is 4.89. The molecule has 0 aliphatic heterocycles. The second kappa shape index (κ2) is 16.9. The molecule has 0 aromatic heterocycles. The molecule has 1 amide bonds. The molecule has 4 rings (SSSR count). The molecule has 6 nitrogen and oxygen atoms in total. The van der Waals surface area contributed by atoms with Gasteiger partial charge in [-0.25, -0.2) is 0 Å². The molecule has 4 aromatic carbocycles. The Morgan fingerprint density at radius 3 is 1.83 bits per heavy atom. The molecule has 0 aliphatic rings. The number of nitrogens with zero attached hydrogens (tertiary/aromatic N) is 1. The Morgan fingerprint density at radius 1 is 0.659 bits per heavy atom. The van der Waals surface area contributed by atoms with Crippen LogP contribution in [0.4, 0.5) is 0 Å². The Kier molecular flexibility index (Phi) is 12.3. The van der Waals surface area contributed by atoms with Gasteiger partial charge in [0.25, 0.3) is 5.91 Å². The van der Waals surface area contributed by atoms with E-state index in [-0.39, 0.29) is 5.91 Å². The zero-order valence-electron chi connectivity index (χ0n) is 23.7. The summed E-state index contributed by atoms with van der Waals surface area (Å²) >= 11 is 0. The van der Waals surface area contributed by atoms with Gasteiger partial charge in [-0.1, -0.05) is 91.0 Å². The first-order valence-corrected chi connectivity index (χ1v) is 14.4. The van der Waals surface area contributed by atoms with E-state index >= 15 is 0 Å². The first kappa shape index (κ1) is 29.8. The van der Waals surface area contributed by atoms with Crippen molar-refractivity contribution in [2.45, 2.75) is 39.0 Å². The number of hydrogen-bond donors (Lipinski definition) is 2. The van der Waals surface area contributed by atoms with Crippen LogP contribution in [0, 0.1) is 0 Å². The fourth-order valence-electron chi connectivity index (χ4n) is 4.55. The predicted octanol–water partition coefficient (Wildman–Crippen LogP) is 6.21. The van der Waals surface area contributed by atoms with Crippen molar-refractivity contribution in [2.75, 3.05) is 26.2 Å². The van der Waals surface area contributed by atoms with Gasteiger partial charge in [0, 0.05) is 25.2 Å². The van der Waals surface area contributed by atoms with Crippen molar-refractivity contribution in [3.8, 4) is 11.5 Å². The topological polar surface area (TPSA) is 76.8 Å². The number of carbonyl (C=O) groups is 1. The molecule has 0 saturated heterocycles. The highest BCUT2D eigenvalue weighted by Crippen LogP contribution is 2.30. The molecule has 4 aromatic rings. The Balaban J connectivity index is 1.34. The number of benzene rings is 4. The van der Waals surface area contributed by atoms with Crippen molar-refractivity contribution in [1.82, 2.24) is 10.2 Å². The maximum atomic E-state index is 13.1. The third-order valence-electron chi connectivity index (χ3n) is 6.79. The van der Waals surface area contributed by atoms with Gasteiger partial charge in [-0.2, -0.15) is 0 Å². The second-order valence-corrected chi connectivity index (χ2v) is 10.1. The lowest BCUT2D eigenvalue weighted by Gasteiger charge is -2.22. The predicted molar refractivity (Wildman–Crippen MR) is 165 cm³/mol. The monoisotopic (exact) mass is 551 g/mol. The van der Waals surface area contributed by atoms with Gasteiger partial charge in [0.2, 0.25) is 0 Å². The van der Waals surface area contributed by atoms with Crippen molar-refractivity contribution in [3.05, 3.63) is 131 Å². The highest BCUT2D eigenvalue weighted by Gasteiger charge is 2.13. The fraction of sp³-hybridized carbons (Fsp3) is 0.286. The molecular weight excluding hydrogens is 510 g/mol. The molecule has 0 atom stereocenters. The van der Waals surface area contributed by atoms with Crippen molar-refractivity contribution in [1.29, 1.82) is 0 Å². The number of nitrogens with two attached hydrogens (primary N) is 1. The van der Waals surface area contributed by atoms with E-state index < -0.39 is 0 Å². The lowest BCUT2D eigenvalue weighted by Crippen LogP contribution is -2.30. The molecule has 0 spiro atoms. The first-order chi connectivity index (χ1) is 20.2. The largest absolute Gasteiger partial charge is 0.485 e. The average molecular weight is 552 g/mol. The number of amides is 1. The Hall–Kier alpha value is -4.13. The first-order valence-electron chi connectivity index (χ1n) is 14.4. The summed E-state index contributed by atoms with van der Waals surface area (Å²) in [7, 11) is 0. The summed E-state index contributed by atoms with van der Waals surface area (Å²) < 4.78 is 12.2. The van der Waals surface area contributed by atoms with E-state index in [4.69, 9.17) is 15.2 Å². The zero-order chi connectivity index (χ0) is 28.5.